The Morgan fingerprint density at radius 1 is 1.15 bits per heavy atom. The number of imide groups is 1. The Morgan fingerprint density at radius 2 is 1.88 bits per heavy atom. The molecule has 0 radical (unpaired) electrons. The predicted molar refractivity (Wildman–Crippen MR) is 95.3 cm³/mol. The molecule has 0 spiro atoms. The van der Waals surface area contributed by atoms with E-state index >= 15 is 0 Å². The number of fused-ring (bicyclic) bond motifs is 1. The Labute approximate surface area is 149 Å². The average molecular weight is 354 g/mol. The number of aryl methyl sites for hydroxylation is 1. The highest BCUT2D eigenvalue weighted by atomic mass is 16.2. The molecule has 3 N–H and O–H groups in total. The number of hydrogen-bond acceptors (Lipinski definition) is 5. The van der Waals surface area contributed by atoms with Crippen LogP contribution in [-0.2, 0) is 11.2 Å². The van der Waals surface area contributed by atoms with Gasteiger partial charge in [0, 0.05) is 26.6 Å². The summed E-state index contributed by atoms with van der Waals surface area (Å²) in [6, 6.07) is 8.11. The van der Waals surface area contributed by atoms with E-state index in [1.54, 1.807) is 32.3 Å². The van der Waals surface area contributed by atoms with Gasteiger partial charge in [-0.05, 0) is 24.1 Å². The van der Waals surface area contributed by atoms with Gasteiger partial charge in [-0.2, -0.15) is 0 Å². The van der Waals surface area contributed by atoms with Gasteiger partial charge in [0.25, 0.3) is 17.4 Å². The van der Waals surface area contributed by atoms with Crippen molar-refractivity contribution in [1.82, 2.24) is 14.8 Å². The third-order valence-electron chi connectivity index (χ3n) is 4.25. The highest BCUT2D eigenvalue weighted by Crippen LogP contribution is 2.23. The number of amides is 3. The summed E-state index contributed by atoms with van der Waals surface area (Å²) in [6.07, 6.45) is 0.839. The third kappa shape index (κ3) is 2.97. The Bertz CT molecular complexity index is 991. The van der Waals surface area contributed by atoms with Gasteiger partial charge >= 0.3 is 0 Å². The number of nitrogens with two attached hydrogens (primary N) is 1. The summed E-state index contributed by atoms with van der Waals surface area (Å²) in [5.74, 6) is -1.34. The Kier molecular flexibility index (Phi) is 4.33. The van der Waals surface area contributed by atoms with Crippen LogP contribution < -0.4 is 16.6 Å². The number of benzene rings is 1. The monoisotopic (exact) mass is 354 g/mol. The second-order valence-corrected chi connectivity index (χ2v) is 6.23. The molecule has 1 aliphatic rings. The van der Waals surface area contributed by atoms with Gasteiger partial charge in [0.2, 0.25) is 5.91 Å². The van der Waals surface area contributed by atoms with Gasteiger partial charge in [-0.3, -0.25) is 29.1 Å². The Morgan fingerprint density at radius 3 is 2.58 bits per heavy atom. The van der Waals surface area contributed by atoms with Crippen LogP contribution in [0.5, 0.6) is 0 Å². The second-order valence-electron chi connectivity index (χ2n) is 6.23. The van der Waals surface area contributed by atoms with Crippen molar-refractivity contribution >= 4 is 23.5 Å². The number of rotatable bonds is 4. The van der Waals surface area contributed by atoms with Crippen LogP contribution in [0, 0.1) is 0 Å². The highest BCUT2D eigenvalue weighted by Gasteiger charge is 2.31. The molecule has 2 heterocycles. The van der Waals surface area contributed by atoms with E-state index in [4.69, 9.17) is 5.73 Å². The molecule has 0 fully saturated rings. The molecule has 3 rings (SSSR count). The summed E-state index contributed by atoms with van der Waals surface area (Å²) in [5, 5.41) is 2.13. The molecule has 0 saturated carbocycles. The highest BCUT2D eigenvalue weighted by molar-refractivity contribution is 6.23. The van der Waals surface area contributed by atoms with E-state index in [0.717, 1.165) is 11.6 Å². The normalized spacial score (nSPS) is 12.7. The number of aromatic nitrogens is 1. The van der Waals surface area contributed by atoms with Gasteiger partial charge in [0.15, 0.2) is 0 Å². The SMILES string of the molecule is CN(C)C(=O)CCc1cccc(-n2c(N)c3c(cc2=O)C(=O)NC3=O)c1. The van der Waals surface area contributed by atoms with Crippen molar-refractivity contribution in [2.45, 2.75) is 12.8 Å². The maximum absolute atomic E-state index is 12.5. The Hall–Kier alpha value is -3.42. The molecule has 2 aromatic rings. The van der Waals surface area contributed by atoms with Crippen LogP contribution in [0.2, 0.25) is 0 Å². The van der Waals surface area contributed by atoms with Crippen molar-refractivity contribution in [3.05, 3.63) is 57.4 Å². The molecule has 0 saturated heterocycles. The lowest BCUT2D eigenvalue weighted by Gasteiger charge is -2.13. The molecule has 8 heteroatoms. The van der Waals surface area contributed by atoms with E-state index in [-0.39, 0.29) is 22.9 Å². The van der Waals surface area contributed by atoms with Gasteiger partial charge in [-0.1, -0.05) is 12.1 Å². The van der Waals surface area contributed by atoms with Gasteiger partial charge in [-0.15, -0.1) is 0 Å². The number of nitrogens with one attached hydrogen (secondary N) is 1. The number of carbonyl (C=O) groups is 3. The van der Waals surface area contributed by atoms with Crippen molar-refractivity contribution in [3.63, 3.8) is 0 Å². The number of nitrogen functional groups attached to an aromatic ring is 1. The third-order valence-corrected chi connectivity index (χ3v) is 4.25. The van der Waals surface area contributed by atoms with Crippen LogP contribution in [0.4, 0.5) is 5.82 Å². The van der Waals surface area contributed by atoms with Gasteiger partial charge in [0.05, 0.1) is 16.8 Å². The number of anilines is 1. The zero-order chi connectivity index (χ0) is 19.0. The molecule has 1 aromatic carbocycles. The maximum Gasteiger partial charge on any atom is 0.262 e. The Balaban J connectivity index is 2.01. The van der Waals surface area contributed by atoms with Crippen molar-refractivity contribution in [3.8, 4) is 5.69 Å². The smallest absolute Gasteiger partial charge is 0.262 e. The lowest BCUT2D eigenvalue weighted by atomic mass is 10.1. The molecule has 134 valence electrons. The zero-order valence-electron chi connectivity index (χ0n) is 14.4. The minimum Gasteiger partial charge on any atom is -0.384 e. The molecule has 8 nitrogen and oxygen atoms in total. The molecule has 1 aromatic heterocycles. The first-order valence-electron chi connectivity index (χ1n) is 8.00. The van der Waals surface area contributed by atoms with E-state index in [9.17, 15) is 19.2 Å². The molecule has 26 heavy (non-hydrogen) atoms. The molecule has 0 unspecified atom stereocenters. The summed E-state index contributed by atoms with van der Waals surface area (Å²) in [5.41, 5.74) is 6.83. The van der Waals surface area contributed by atoms with Crippen molar-refractivity contribution in [1.29, 1.82) is 0 Å². The first-order valence-corrected chi connectivity index (χ1v) is 8.00. The lowest BCUT2D eigenvalue weighted by Crippen LogP contribution is -2.24. The van der Waals surface area contributed by atoms with E-state index in [2.05, 4.69) is 5.32 Å². The standard InChI is InChI=1S/C18H18N4O4/c1-21(2)13(23)7-6-10-4-3-5-11(8-10)22-14(24)9-12-15(16(22)19)18(26)20-17(12)25/h3-5,8-9H,6-7,19H2,1-2H3,(H,20,25,26). The number of hydrogen-bond donors (Lipinski definition) is 2. The number of pyridine rings is 1. The fourth-order valence-electron chi connectivity index (χ4n) is 2.87. The topological polar surface area (TPSA) is 114 Å². The van der Waals surface area contributed by atoms with Crippen LogP contribution in [-0.4, -0.2) is 41.3 Å². The summed E-state index contributed by atoms with van der Waals surface area (Å²) in [6.45, 7) is 0. The molecule has 3 amide bonds. The van der Waals surface area contributed by atoms with E-state index in [1.165, 1.54) is 9.47 Å². The molecule has 1 aliphatic heterocycles. The number of nitrogens with zero attached hydrogens (tertiary/aromatic N) is 2. The maximum atomic E-state index is 12.5. The average Bonchev–Trinajstić information content (AvgIpc) is 2.87. The van der Waals surface area contributed by atoms with Crippen molar-refractivity contribution in [2.75, 3.05) is 19.8 Å². The summed E-state index contributed by atoms with van der Waals surface area (Å²) in [7, 11) is 3.38. The summed E-state index contributed by atoms with van der Waals surface area (Å²) >= 11 is 0. The minimum atomic E-state index is -0.628. The predicted octanol–water partition coefficient (Wildman–Crippen LogP) is 0.324. The quantitative estimate of drug-likeness (QED) is 0.768. The summed E-state index contributed by atoms with van der Waals surface area (Å²) in [4.78, 5) is 49.4. The van der Waals surface area contributed by atoms with Crippen molar-refractivity contribution < 1.29 is 14.4 Å². The van der Waals surface area contributed by atoms with Crippen LogP contribution in [0.15, 0.2) is 35.1 Å². The number of carbonyl (C=O) groups excluding carboxylic acids is 3. The van der Waals surface area contributed by atoms with Crippen LogP contribution in [0.25, 0.3) is 5.69 Å². The molecule has 0 aliphatic carbocycles. The lowest BCUT2D eigenvalue weighted by molar-refractivity contribution is -0.128. The largest absolute Gasteiger partial charge is 0.384 e. The fourth-order valence-corrected chi connectivity index (χ4v) is 2.87. The van der Waals surface area contributed by atoms with E-state index < -0.39 is 17.4 Å². The van der Waals surface area contributed by atoms with Crippen LogP contribution in [0.3, 0.4) is 0 Å². The molecule has 0 bridgehead atoms. The van der Waals surface area contributed by atoms with Crippen LogP contribution >= 0.6 is 0 Å². The van der Waals surface area contributed by atoms with Gasteiger partial charge in [-0.25, -0.2) is 0 Å². The summed E-state index contributed by atoms with van der Waals surface area (Å²) < 4.78 is 1.19. The first-order chi connectivity index (χ1) is 12.3. The van der Waals surface area contributed by atoms with Gasteiger partial charge in [0.1, 0.15) is 5.82 Å². The molecular formula is C18H18N4O4. The van der Waals surface area contributed by atoms with Crippen molar-refractivity contribution in [2.24, 2.45) is 0 Å². The van der Waals surface area contributed by atoms with Crippen LogP contribution in [0.1, 0.15) is 32.7 Å². The first kappa shape index (κ1) is 17.4. The molecule has 0 atom stereocenters. The minimum absolute atomic E-state index is 0.000187. The zero-order valence-corrected chi connectivity index (χ0v) is 14.4. The van der Waals surface area contributed by atoms with E-state index in [0.29, 0.717) is 18.5 Å². The second kappa shape index (κ2) is 6.47. The van der Waals surface area contributed by atoms with Gasteiger partial charge < -0.3 is 10.6 Å². The molecular weight excluding hydrogens is 336 g/mol. The van der Waals surface area contributed by atoms with E-state index in [1.807, 2.05) is 6.07 Å². The fraction of sp³-hybridized carbons (Fsp3) is 0.222.